The van der Waals surface area contributed by atoms with Gasteiger partial charge in [0.15, 0.2) is 6.35 Å². The van der Waals surface area contributed by atoms with Gasteiger partial charge in [-0.05, 0) is 84.3 Å². The largest absolute Gasteiger partial charge is 0.365 e. The second-order valence-corrected chi connectivity index (χ2v) is 12.8. The molecule has 1 aromatic heterocycles. The Bertz CT molecular complexity index is 1380. The highest BCUT2D eigenvalue weighted by Crippen LogP contribution is 2.42. The van der Waals surface area contributed by atoms with E-state index in [9.17, 15) is 9.90 Å². The summed E-state index contributed by atoms with van der Waals surface area (Å²) in [5.74, 6) is 1.11. The van der Waals surface area contributed by atoms with E-state index < -0.39 is 6.35 Å². The number of aromatic nitrogens is 2. The molecule has 0 saturated carbocycles. The smallest absolute Gasteiger partial charge is 0.326 e. The lowest BCUT2D eigenvalue weighted by Crippen LogP contribution is -2.47. The highest BCUT2D eigenvalue weighted by atomic mass is 16.3. The van der Waals surface area contributed by atoms with Gasteiger partial charge in [0.1, 0.15) is 5.82 Å². The minimum absolute atomic E-state index is 0.0891. The van der Waals surface area contributed by atoms with Crippen LogP contribution in [-0.4, -0.2) is 87.6 Å². The molecule has 2 fully saturated rings. The van der Waals surface area contributed by atoms with Crippen molar-refractivity contribution in [2.45, 2.75) is 83.4 Å². The van der Waals surface area contributed by atoms with Crippen molar-refractivity contribution >= 4 is 17.4 Å². The lowest BCUT2D eigenvalue weighted by molar-refractivity contribution is -0.0977. The van der Waals surface area contributed by atoms with Crippen LogP contribution in [0.1, 0.15) is 60.9 Å². The first-order valence-corrected chi connectivity index (χ1v) is 15.9. The van der Waals surface area contributed by atoms with Crippen LogP contribution in [0, 0.1) is 13.8 Å². The Morgan fingerprint density at radius 1 is 1.02 bits per heavy atom. The average Bonchev–Trinajstić information content (AvgIpc) is 3.45. The van der Waals surface area contributed by atoms with Gasteiger partial charge in [-0.3, -0.25) is 19.6 Å². The molecule has 0 spiro atoms. The minimum atomic E-state index is -0.579. The molecule has 2 amide bonds. The van der Waals surface area contributed by atoms with E-state index in [1.807, 2.05) is 85.4 Å². The lowest BCUT2D eigenvalue weighted by atomic mass is 9.95. The van der Waals surface area contributed by atoms with E-state index in [4.69, 9.17) is 4.98 Å². The molecule has 43 heavy (non-hydrogen) atoms. The standard InChI is InChI=1S/C34H47N7O2/c1-24-11-13-26(14-12-24)36-33(42)40(27-9-6-5-7-10-27)19-8-18-39-28-15-16-29(39)22-30(21-28)41-25(2)35-31-23-38(20-17-32(31)41)34(43)37(3)4/h5-7,9-14,28-30,34,43H,8,15-23H2,1-4H3,(H,36,42)/t28-,29+,30?,34?. The number of urea groups is 1. The Balaban J connectivity index is 1.09. The molecule has 3 aliphatic rings. The van der Waals surface area contributed by atoms with Crippen molar-refractivity contribution in [1.82, 2.24) is 24.3 Å². The number of nitrogens with zero attached hydrogens (tertiary/aromatic N) is 6. The number of nitrogens with one attached hydrogen (secondary N) is 1. The molecule has 0 radical (unpaired) electrons. The number of aryl methyl sites for hydroxylation is 2. The predicted octanol–water partition coefficient (Wildman–Crippen LogP) is 4.99. The third-order valence-corrected chi connectivity index (χ3v) is 9.68. The van der Waals surface area contributed by atoms with Gasteiger partial charge in [0.05, 0.1) is 5.69 Å². The summed E-state index contributed by atoms with van der Waals surface area (Å²) in [4.78, 5) is 27.0. The van der Waals surface area contributed by atoms with Gasteiger partial charge in [-0.2, -0.15) is 0 Å². The molecule has 2 N–H and O–H groups in total. The molecular weight excluding hydrogens is 538 g/mol. The van der Waals surface area contributed by atoms with Crippen LogP contribution in [0.3, 0.4) is 0 Å². The van der Waals surface area contributed by atoms with Gasteiger partial charge in [-0.15, -0.1) is 0 Å². The molecule has 4 atom stereocenters. The molecule has 2 unspecified atom stereocenters. The highest BCUT2D eigenvalue weighted by Gasteiger charge is 2.42. The maximum absolute atomic E-state index is 13.4. The quantitative estimate of drug-likeness (QED) is 0.345. The van der Waals surface area contributed by atoms with Crippen molar-refractivity contribution in [2.75, 3.05) is 43.9 Å². The average molecular weight is 586 g/mol. The van der Waals surface area contributed by atoms with Crippen molar-refractivity contribution < 1.29 is 9.90 Å². The molecule has 2 saturated heterocycles. The van der Waals surface area contributed by atoms with Crippen molar-refractivity contribution in [2.24, 2.45) is 0 Å². The number of fused-ring (bicyclic) bond motifs is 3. The fourth-order valence-electron chi connectivity index (χ4n) is 7.59. The Hall–Kier alpha value is -3.24. The number of carbonyl (C=O) groups is 1. The number of imidazole rings is 1. The predicted molar refractivity (Wildman–Crippen MR) is 171 cm³/mol. The van der Waals surface area contributed by atoms with Crippen LogP contribution in [0.2, 0.25) is 0 Å². The molecule has 4 heterocycles. The van der Waals surface area contributed by atoms with E-state index in [0.29, 0.717) is 31.2 Å². The van der Waals surface area contributed by atoms with Crippen molar-refractivity contribution in [1.29, 1.82) is 0 Å². The molecule has 0 aliphatic carbocycles. The van der Waals surface area contributed by atoms with Crippen LogP contribution in [0.4, 0.5) is 16.2 Å². The maximum Gasteiger partial charge on any atom is 0.326 e. The van der Waals surface area contributed by atoms with Crippen LogP contribution in [-0.2, 0) is 13.0 Å². The third-order valence-electron chi connectivity index (χ3n) is 9.68. The monoisotopic (exact) mass is 585 g/mol. The Morgan fingerprint density at radius 2 is 1.72 bits per heavy atom. The van der Waals surface area contributed by atoms with Crippen LogP contribution in [0.25, 0.3) is 0 Å². The third kappa shape index (κ3) is 6.36. The van der Waals surface area contributed by atoms with Crippen LogP contribution < -0.4 is 10.2 Å². The first-order chi connectivity index (χ1) is 20.8. The summed E-state index contributed by atoms with van der Waals surface area (Å²) in [6.45, 7) is 7.42. The Morgan fingerprint density at radius 3 is 2.40 bits per heavy atom. The summed E-state index contributed by atoms with van der Waals surface area (Å²) in [7, 11) is 3.82. The molecule has 3 aromatic rings. The first-order valence-electron chi connectivity index (χ1n) is 15.9. The number of aliphatic hydroxyl groups excluding tert-OH is 1. The summed E-state index contributed by atoms with van der Waals surface area (Å²) >= 11 is 0. The minimum Gasteiger partial charge on any atom is -0.365 e. The topological polar surface area (TPSA) is 80.1 Å². The molecule has 9 nitrogen and oxygen atoms in total. The second kappa shape index (κ2) is 12.8. The number of anilines is 2. The second-order valence-electron chi connectivity index (χ2n) is 12.8. The van der Waals surface area contributed by atoms with Gasteiger partial charge >= 0.3 is 6.03 Å². The molecule has 230 valence electrons. The van der Waals surface area contributed by atoms with E-state index in [1.165, 1.54) is 24.1 Å². The number of hydrogen-bond acceptors (Lipinski definition) is 6. The van der Waals surface area contributed by atoms with Gasteiger partial charge in [0.25, 0.3) is 0 Å². The zero-order valence-electron chi connectivity index (χ0n) is 26.1. The fraction of sp³-hybridized carbons (Fsp3) is 0.529. The Labute approximate surface area is 256 Å². The van der Waals surface area contributed by atoms with Crippen molar-refractivity contribution in [3.63, 3.8) is 0 Å². The first kappa shape index (κ1) is 29.8. The molecule has 2 bridgehead atoms. The zero-order chi connectivity index (χ0) is 30.1. The summed E-state index contributed by atoms with van der Waals surface area (Å²) < 4.78 is 2.55. The lowest BCUT2D eigenvalue weighted by Gasteiger charge is -2.41. The van der Waals surface area contributed by atoms with Crippen molar-refractivity contribution in [3.05, 3.63) is 77.4 Å². The number of rotatable bonds is 9. The number of carbonyl (C=O) groups excluding carboxylic acids is 1. The van der Waals surface area contributed by atoms with E-state index in [-0.39, 0.29) is 6.03 Å². The molecule has 2 aromatic carbocycles. The molecule has 6 rings (SSSR count). The number of hydrogen-bond donors (Lipinski definition) is 2. The van der Waals surface area contributed by atoms with E-state index in [0.717, 1.165) is 61.7 Å². The normalized spacial score (nSPS) is 22.9. The number of amides is 2. The van der Waals surface area contributed by atoms with Crippen LogP contribution in [0.15, 0.2) is 54.6 Å². The molecule has 9 heteroatoms. The number of piperidine rings is 1. The van der Waals surface area contributed by atoms with Crippen LogP contribution in [0.5, 0.6) is 0 Å². The maximum atomic E-state index is 13.4. The summed E-state index contributed by atoms with van der Waals surface area (Å²) in [5, 5.41) is 13.7. The van der Waals surface area contributed by atoms with E-state index in [2.05, 4.69) is 26.6 Å². The van der Waals surface area contributed by atoms with Gasteiger partial charge in [-0.25, -0.2) is 9.78 Å². The Kier molecular flexibility index (Phi) is 8.86. The number of aliphatic hydroxyl groups is 1. The van der Waals surface area contributed by atoms with Gasteiger partial charge in [0.2, 0.25) is 0 Å². The number of benzene rings is 2. The summed E-state index contributed by atoms with van der Waals surface area (Å²) in [6.07, 6.45) is 6.07. The molecular formula is C34H47N7O2. The number of para-hydroxylation sites is 1. The van der Waals surface area contributed by atoms with Gasteiger partial charge < -0.3 is 15.0 Å². The highest BCUT2D eigenvalue weighted by molar-refractivity contribution is 6.01. The fourth-order valence-corrected chi connectivity index (χ4v) is 7.59. The van der Waals surface area contributed by atoms with E-state index in [1.54, 1.807) is 0 Å². The SMILES string of the molecule is Cc1ccc(NC(=O)N(CCCN2[C@@H]3CC[C@H]2CC(n2c(C)nc4c2CCN(C(O)N(C)C)C4)C3)c2ccccc2)cc1. The van der Waals surface area contributed by atoms with Crippen molar-refractivity contribution in [3.8, 4) is 0 Å². The van der Waals surface area contributed by atoms with Crippen LogP contribution >= 0.6 is 0 Å². The van der Waals surface area contributed by atoms with Gasteiger partial charge in [-0.1, -0.05) is 35.9 Å². The summed E-state index contributed by atoms with van der Waals surface area (Å²) in [6, 6.07) is 19.5. The molecule has 3 aliphatic heterocycles. The van der Waals surface area contributed by atoms with Gasteiger partial charge in [0, 0.05) is 67.8 Å². The van der Waals surface area contributed by atoms with E-state index >= 15 is 0 Å². The summed E-state index contributed by atoms with van der Waals surface area (Å²) in [5.41, 5.74) is 5.41. The zero-order valence-corrected chi connectivity index (χ0v) is 26.1.